The van der Waals surface area contributed by atoms with Crippen LogP contribution in [-0.2, 0) is 57.2 Å². The summed E-state index contributed by atoms with van der Waals surface area (Å²) in [4.78, 5) is 77.5. The third kappa shape index (κ3) is 9.64. The average molecular weight is 567 g/mol. The number of amides is 2. The Hall–Kier alpha value is -3.11. The molecule has 1 aliphatic heterocycles. The molecule has 0 aromatic carbocycles. The molecule has 1 aliphatic rings. The second kappa shape index (κ2) is 14.7. The molecule has 0 aliphatic carbocycles. The molecule has 216 valence electrons. The fourth-order valence-corrected chi connectivity index (χ4v) is 4.88. The predicted molar refractivity (Wildman–Crippen MR) is 128 cm³/mol. The van der Waals surface area contributed by atoms with Crippen LogP contribution in [0.25, 0.3) is 0 Å². The number of nitrogens with one attached hydrogen (secondary N) is 1. The van der Waals surface area contributed by atoms with E-state index in [0.29, 0.717) is 0 Å². The van der Waals surface area contributed by atoms with Crippen LogP contribution >= 0.6 is 11.8 Å². The topological polar surface area (TPSA) is 182 Å². The normalized spacial score (nSPS) is 24.2. The number of hydrogen-bond donors (Lipinski definition) is 1. The molecule has 15 nitrogen and oxygen atoms in total. The zero-order valence-electron chi connectivity index (χ0n) is 22.5. The Morgan fingerprint density at radius 1 is 0.868 bits per heavy atom. The van der Waals surface area contributed by atoms with E-state index in [9.17, 15) is 28.8 Å². The van der Waals surface area contributed by atoms with Crippen LogP contribution in [0.2, 0.25) is 0 Å². The van der Waals surface area contributed by atoms with Crippen molar-refractivity contribution in [3.05, 3.63) is 0 Å². The molecule has 1 N–H and O–H groups in total. The Balaban J connectivity index is 3.60. The third-order valence-corrected chi connectivity index (χ3v) is 6.54. The van der Waals surface area contributed by atoms with Gasteiger partial charge in [-0.2, -0.15) is 0 Å². The number of ether oxygens (including phenoxy) is 6. The van der Waals surface area contributed by atoms with E-state index in [-0.39, 0.29) is 6.54 Å². The van der Waals surface area contributed by atoms with Gasteiger partial charge < -0.3 is 33.7 Å². The Kier molecular flexibility index (Phi) is 12.8. The van der Waals surface area contributed by atoms with Crippen LogP contribution in [0.1, 0.15) is 34.6 Å². The van der Waals surface area contributed by atoms with Gasteiger partial charge in [-0.05, 0) is 6.92 Å². The van der Waals surface area contributed by atoms with E-state index < -0.39 is 77.1 Å². The second-order valence-electron chi connectivity index (χ2n) is 8.25. The zero-order valence-corrected chi connectivity index (χ0v) is 23.3. The molecule has 0 unspecified atom stereocenters. The number of hydrogen-bond acceptors (Lipinski definition) is 14. The van der Waals surface area contributed by atoms with Crippen LogP contribution in [0.5, 0.6) is 0 Å². The summed E-state index contributed by atoms with van der Waals surface area (Å²) in [7, 11) is 3.74. The molecular formula is C22H34N2O13S. The van der Waals surface area contributed by atoms with Gasteiger partial charge in [0.15, 0.2) is 18.3 Å². The van der Waals surface area contributed by atoms with Gasteiger partial charge in [-0.25, -0.2) is 9.86 Å². The van der Waals surface area contributed by atoms with Crippen molar-refractivity contribution in [3.63, 3.8) is 0 Å². The molecule has 0 saturated carbocycles. The molecule has 0 spiro atoms. The number of alkyl carbamates (subject to hydrolysis) is 1. The molecule has 0 aromatic rings. The lowest BCUT2D eigenvalue weighted by atomic mass is 9.99. The Bertz CT molecular complexity index is 900. The fraction of sp³-hybridized carbons (Fsp3) is 0.727. The summed E-state index contributed by atoms with van der Waals surface area (Å²) >= 11 is 0.799. The second-order valence-corrected chi connectivity index (χ2v) is 9.85. The van der Waals surface area contributed by atoms with Crippen molar-refractivity contribution < 1.29 is 62.0 Å². The lowest BCUT2D eigenvalue weighted by Gasteiger charge is -2.46. The van der Waals surface area contributed by atoms with Gasteiger partial charge in [0.05, 0.1) is 14.2 Å². The van der Waals surface area contributed by atoms with E-state index in [1.807, 2.05) is 0 Å². The smallest absolute Gasteiger partial charge is 0.406 e. The monoisotopic (exact) mass is 566 g/mol. The molecule has 1 saturated heterocycles. The highest BCUT2D eigenvalue weighted by atomic mass is 32.2. The third-order valence-electron chi connectivity index (χ3n) is 5.09. The van der Waals surface area contributed by atoms with E-state index in [1.165, 1.54) is 21.1 Å². The van der Waals surface area contributed by atoms with Crippen molar-refractivity contribution in [2.24, 2.45) is 0 Å². The van der Waals surface area contributed by atoms with Gasteiger partial charge in [0.1, 0.15) is 22.9 Å². The molecule has 1 heterocycles. The minimum Gasteiger partial charge on any atom is -0.463 e. The molecule has 6 atom stereocenters. The summed E-state index contributed by atoms with van der Waals surface area (Å²) < 4.78 is 30.3. The number of hydroxylamine groups is 2. The van der Waals surface area contributed by atoms with E-state index in [1.54, 1.807) is 0 Å². The first kappa shape index (κ1) is 32.9. The van der Waals surface area contributed by atoms with Gasteiger partial charge in [-0.15, -0.1) is 11.8 Å². The summed E-state index contributed by atoms with van der Waals surface area (Å²) in [6, 6.07) is 0. The zero-order chi connectivity index (χ0) is 29.2. The summed E-state index contributed by atoms with van der Waals surface area (Å²) in [5, 5.41) is 3.35. The number of nitrogens with zero attached hydrogens (tertiary/aromatic N) is 1. The number of carbonyl (C=O) groups is 6. The molecule has 1 rings (SSSR count). The van der Waals surface area contributed by atoms with Crippen LogP contribution in [0.4, 0.5) is 4.79 Å². The average Bonchev–Trinajstić information content (AvgIpc) is 2.83. The molecule has 0 bridgehead atoms. The number of thioether (sulfide) groups is 1. The molecule has 16 heteroatoms. The van der Waals surface area contributed by atoms with E-state index in [4.69, 9.17) is 28.5 Å². The maximum absolute atomic E-state index is 13.3. The quantitative estimate of drug-likeness (QED) is 0.199. The molecule has 2 amide bonds. The Labute approximate surface area is 224 Å². The lowest BCUT2D eigenvalue weighted by Crippen LogP contribution is -2.63. The van der Waals surface area contributed by atoms with Gasteiger partial charge in [0.25, 0.3) is 5.91 Å². The minimum atomic E-state index is -1.54. The minimum absolute atomic E-state index is 0.302. The van der Waals surface area contributed by atoms with Gasteiger partial charge >= 0.3 is 30.0 Å². The first-order chi connectivity index (χ1) is 17.6. The number of carbonyl (C=O) groups excluding carboxylic acids is 6. The van der Waals surface area contributed by atoms with Crippen molar-refractivity contribution in [1.82, 2.24) is 10.4 Å². The number of esters is 4. The highest BCUT2D eigenvalue weighted by Gasteiger charge is 2.55. The largest absolute Gasteiger partial charge is 0.463 e. The van der Waals surface area contributed by atoms with E-state index in [0.717, 1.165) is 51.6 Å². The molecule has 38 heavy (non-hydrogen) atoms. The lowest BCUT2D eigenvalue weighted by molar-refractivity contribution is -0.237. The van der Waals surface area contributed by atoms with Gasteiger partial charge in [-0.3, -0.25) is 28.8 Å². The predicted octanol–water partition coefficient (Wildman–Crippen LogP) is -0.0628. The highest BCUT2D eigenvalue weighted by Crippen LogP contribution is 2.40. The van der Waals surface area contributed by atoms with Crippen LogP contribution < -0.4 is 5.32 Å². The van der Waals surface area contributed by atoms with Crippen LogP contribution in [0.15, 0.2) is 0 Å². The number of methoxy groups -OCH3 is 1. The summed E-state index contributed by atoms with van der Waals surface area (Å²) in [5.74, 6) is -3.67. The molecule has 0 radical (unpaired) electrons. The number of rotatable bonds is 11. The molecule has 0 aromatic heterocycles. The maximum Gasteiger partial charge on any atom is 0.406 e. The van der Waals surface area contributed by atoms with Crippen molar-refractivity contribution in [2.45, 2.75) is 69.2 Å². The van der Waals surface area contributed by atoms with Crippen molar-refractivity contribution in [1.29, 1.82) is 0 Å². The first-order valence-electron chi connectivity index (χ1n) is 11.3. The van der Waals surface area contributed by atoms with Crippen molar-refractivity contribution in [3.8, 4) is 0 Å². The van der Waals surface area contributed by atoms with Gasteiger partial charge in [0, 0.05) is 41.3 Å². The van der Waals surface area contributed by atoms with Gasteiger partial charge in [-0.1, -0.05) is 0 Å². The van der Waals surface area contributed by atoms with Crippen molar-refractivity contribution >= 4 is 47.6 Å². The van der Waals surface area contributed by atoms with Crippen molar-refractivity contribution in [2.75, 3.05) is 34.4 Å². The standard InChI is InChI=1S/C22H34N2O13S/c1-11(25)33-9-15-16(34-12(2)26)17(35-13(3)27)18(36-14(4)28)19(37-15)38-22(5,10-23-21(30)31-7)20(29)24(6)32-8/h15-19H,9-10H2,1-8H3,(H,23,30)/t15-,16+,17+,18-,19+,22+/m1/s1. The molecule has 1 fully saturated rings. The van der Waals surface area contributed by atoms with Crippen LogP contribution in [-0.4, -0.2) is 110 Å². The Morgan fingerprint density at radius 2 is 1.39 bits per heavy atom. The molecular weight excluding hydrogens is 532 g/mol. The van der Waals surface area contributed by atoms with E-state index in [2.05, 4.69) is 10.1 Å². The summed E-state index contributed by atoms with van der Waals surface area (Å²) in [5.41, 5.74) is -1.27. The summed E-state index contributed by atoms with van der Waals surface area (Å²) in [6.07, 6.45) is -6.21. The van der Waals surface area contributed by atoms with E-state index >= 15 is 0 Å². The fourth-order valence-electron chi connectivity index (χ4n) is 3.44. The van der Waals surface area contributed by atoms with Crippen LogP contribution in [0.3, 0.4) is 0 Å². The van der Waals surface area contributed by atoms with Crippen LogP contribution in [0, 0.1) is 0 Å². The Morgan fingerprint density at radius 3 is 1.87 bits per heavy atom. The first-order valence-corrected chi connectivity index (χ1v) is 12.2. The highest BCUT2D eigenvalue weighted by molar-refractivity contribution is 8.01. The summed E-state index contributed by atoms with van der Waals surface area (Å²) in [6.45, 7) is 5.16. The SMILES string of the molecule is COC(=O)NC[C@](C)(S[C@@H]1O[C@H](COC(C)=O)[C@H](OC(C)=O)[C@H](OC(C)=O)[C@H]1OC(C)=O)C(=O)N(C)OC. The maximum atomic E-state index is 13.3. The van der Waals surface area contributed by atoms with Gasteiger partial charge in [0.2, 0.25) is 0 Å².